The number of carbonyl (C=O) groups is 1. The number of nitrogens with one attached hydrogen (secondary N) is 1. The summed E-state index contributed by atoms with van der Waals surface area (Å²) < 4.78 is 42.7. The van der Waals surface area contributed by atoms with Gasteiger partial charge in [-0.15, -0.1) is 0 Å². The van der Waals surface area contributed by atoms with Crippen LogP contribution in [0.3, 0.4) is 0 Å². The lowest BCUT2D eigenvalue weighted by atomic mass is 10.1. The molecule has 1 atom stereocenters. The zero-order valence-corrected chi connectivity index (χ0v) is 20.4. The number of rotatable bonds is 8. The predicted octanol–water partition coefficient (Wildman–Crippen LogP) is 2.28. The fourth-order valence-corrected chi connectivity index (χ4v) is 4.61. The quantitative estimate of drug-likeness (QED) is 0.623. The van der Waals surface area contributed by atoms with Crippen molar-refractivity contribution in [3.8, 4) is 11.5 Å². The lowest BCUT2D eigenvalue weighted by Crippen LogP contribution is -2.38. The van der Waals surface area contributed by atoms with Crippen molar-refractivity contribution >= 4 is 21.6 Å². The fraction of sp³-hybridized carbons (Fsp3) is 0.435. The van der Waals surface area contributed by atoms with Crippen molar-refractivity contribution in [1.29, 1.82) is 0 Å². The van der Waals surface area contributed by atoms with Gasteiger partial charge in [-0.05, 0) is 37.3 Å². The Morgan fingerprint density at radius 3 is 2.39 bits per heavy atom. The summed E-state index contributed by atoms with van der Waals surface area (Å²) in [5, 5.41) is 2.99. The molecule has 2 aromatic rings. The van der Waals surface area contributed by atoms with E-state index in [1.54, 1.807) is 32.4 Å². The third-order valence-corrected chi connectivity index (χ3v) is 7.41. The minimum absolute atomic E-state index is 0.0596. The number of amides is 1. The van der Waals surface area contributed by atoms with Crippen molar-refractivity contribution in [3.05, 3.63) is 47.5 Å². The molecule has 1 fully saturated rings. The van der Waals surface area contributed by atoms with Gasteiger partial charge in [-0.1, -0.05) is 0 Å². The summed E-state index contributed by atoms with van der Waals surface area (Å²) in [7, 11) is 2.34. The van der Waals surface area contributed by atoms with Crippen LogP contribution in [-0.2, 0) is 14.8 Å². The number of benzene rings is 2. The van der Waals surface area contributed by atoms with Gasteiger partial charge in [0.2, 0.25) is 10.0 Å². The molecule has 1 heterocycles. The highest BCUT2D eigenvalue weighted by Crippen LogP contribution is 2.31. The van der Waals surface area contributed by atoms with Gasteiger partial charge < -0.3 is 24.4 Å². The number of methoxy groups -OCH3 is 2. The highest BCUT2D eigenvalue weighted by molar-refractivity contribution is 7.89. The molecule has 1 aliphatic rings. The van der Waals surface area contributed by atoms with E-state index in [1.807, 2.05) is 17.9 Å². The minimum atomic E-state index is -3.70. The normalized spacial score (nSPS) is 15.3. The number of hydrogen-bond acceptors (Lipinski definition) is 7. The SMILES string of the molecule is COc1ccc(C(C)NC(=O)c2cc(S(=O)(=O)N(C)C)ccc2N2CCOCC2)c(OC)c1. The maximum Gasteiger partial charge on any atom is 0.253 e. The average Bonchev–Trinajstić information content (AvgIpc) is 2.83. The molecule has 1 aliphatic heterocycles. The monoisotopic (exact) mass is 477 g/mol. The minimum Gasteiger partial charge on any atom is -0.497 e. The molecule has 0 radical (unpaired) electrons. The summed E-state index contributed by atoms with van der Waals surface area (Å²) in [4.78, 5) is 15.5. The van der Waals surface area contributed by atoms with E-state index >= 15 is 0 Å². The van der Waals surface area contributed by atoms with Gasteiger partial charge in [0, 0.05) is 44.5 Å². The van der Waals surface area contributed by atoms with E-state index in [0.717, 1.165) is 9.87 Å². The number of carbonyl (C=O) groups excluding carboxylic acids is 1. The van der Waals surface area contributed by atoms with Crippen LogP contribution in [0.25, 0.3) is 0 Å². The van der Waals surface area contributed by atoms with E-state index in [1.165, 1.54) is 26.2 Å². The van der Waals surface area contributed by atoms with Crippen molar-refractivity contribution in [3.63, 3.8) is 0 Å². The second-order valence-corrected chi connectivity index (χ2v) is 10.0. The Morgan fingerprint density at radius 2 is 1.79 bits per heavy atom. The van der Waals surface area contributed by atoms with Crippen molar-refractivity contribution in [1.82, 2.24) is 9.62 Å². The van der Waals surface area contributed by atoms with Crippen molar-refractivity contribution < 1.29 is 27.4 Å². The van der Waals surface area contributed by atoms with Crippen LogP contribution >= 0.6 is 0 Å². The van der Waals surface area contributed by atoms with E-state index in [2.05, 4.69) is 5.32 Å². The average molecular weight is 478 g/mol. The molecule has 1 saturated heterocycles. The largest absolute Gasteiger partial charge is 0.497 e. The molecule has 0 aliphatic carbocycles. The van der Waals surface area contributed by atoms with E-state index in [9.17, 15) is 13.2 Å². The topological polar surface area (TPSA) is 97.4 Å². The summed E-state index contributed by atoms with van der Waals surface area (Å²) >= 11 is 0. The maximum atomic E-state index is 13.4. The molecular weight excluding hydrogens is 446 g/mol. The van der Waals surface area contributed by atoms with Crippen LogP contribution in [-0.4, -0.2) is 73.2 Å². The Labute approximate surface area is 195 Å². The molecule has 9 nitrogen and oxygen atoms in total. The molecule has 0 aromatic heterocycles. The molecule has 0 spiro atoms. The van der Waals surface area contributed by atoms with Gasteiger partial charge in [-0.2, -0.15) is 0 Å². The van der Waals surface area contributed by atoms with Crippen LogP contribution in [0, 0.1) is 0 Å². The van der Waals surface area contributed by atoms with Gasteiger partial charge in [0.1, 0.15) is 11.5 Å². The Morgan fingerprint density at radius 1 is 1.09 bits per heavy atom. The van der Waals surface area contributed by atoms with E-state index in [-0.39, 0.29) is 10.8 Å². The van der Waals surface area contributed by atoms with Crippen LogP contribution in [0.2, 0.25) is 0 Å². The summed E-state index contributed by atoms with van der Waals surface area (Å²) in [6, 6.07) is 9.64. The van der Waals surface area contributed by atoms with Crippen molar-refractivity contribution in [2.24, 2.45) is 0 Å². The first-order valence-corrected chi connectivity index (χ1v) is 12.0. The molecule has 3 rings (SSSR count). The Hall–Kier alpha value is -2.82. The van der Waals surface area contributed by atoms with Gasteiger partial charge in [0.05, 0.1) is 43.9 Å². The Kier molecular flexibility index (Phi) is 7.83. The zero-order valence-electron chi connectivity index (χ0n) is 19.6. The molecular formula is C23H31N3O6S. The first-order chi connectivity index (χ1) is 15.7. The molecule has 180 valence electrons. The second kappa shape index (κ2) is 10.4. The zero-order chi connectivity index (χ0) is 24.2. The smallest absolute Gasteiger partial charge is 0.253 e. The Balaban J connectivity index is 1.97. The number of nitrogens with zero attached hydrogens (tertiary/aromatic N) is 2. The van der Waals surface area contributed by atoms with Crippen LogP contribution in [0.1, 0.15) is 28.9 Å². The summed E-state index contributed by atoms with van der Waals surface area (Å²) in [6.45, 7) is 4.15. The van der Waals surface area contributed by atoms with Gasteiger partial charge >= 0.3 is 0 Å². The summed E-state index contributed by atoms with van der Waals surface area (Å²) in [5.41, 5.74) is 1.73. The van der Waals surface area contributed by atoms with E-state index in [0.29, 0.717) is 49.1 Å². The van der Waals surface area contributed by atoms with Gasteiger partial charge in [0.15, 0.2) is 0 Å². The van der Waals surface area contributed by atoms with E-state index in [4.69, 9.17) is 14.2 Å². The molecule has 33 heavy (non-hydrogen) atoms. The number of hydrogen-bond donors (Lipinski definition) is 1. The summed E-state index contributed by atoms with van der Waals surface area (Å²) in [5.74, 6) is 0.850. The number of morpholine rings is 1. The molecule has 10 heteroatoms. The molecule has 1 unspecified atom stereocenters. The fourth-order valence-electron chi connectivity index (χ4n) is 3.68. The first-order valence-electron chi connectivity index (χ1n) is 10.6. The molecule has 1 amide bonds. The van der Waals surface area contributed by atoms with E-state index < -0.39 is 16.1 Å². The number of ether oxygens (including phenoxy) is 3. The maximum absolute atomic E-state index is 13.4. The van der Waals surface area contributed by atoms with Crippen LogP contribution in [0.5, 0.6) is 11.5 Å². The van der Waals surface area contributed by atoms with Gasteiger partial charge in [-0.25, -0.2) is 12.7 Å². The van der Waals surface area contributed by atoms with Crippen LogP contribution in [0.15, 0.2) is 41.3 Å². The number of anilines is 1. The lowest BCUT2D eigenvalue weighted by molar-refractivity contribution is 0.0938. The Bertz CT molecular complexity index is 1100. The standard InChI is InChI=1S/C23H31N3O6S/c1-16(19-8-6-17(30-4)14-22(19)31-5)24-23(27)20-15-18(33(28,29)25(2)3)7-9-21(20)26-10-12-32-13-11-26/h6-9,14-16H,10-13H2,1-5H3,(H,24,27). The van der Waals surface area contributed by atoms with Gasteiger partial charge in [-0.3, -0.25) is 4.79 Å². The third kappa shape index (κ3) is 5.40. The van der Waals surface area contributed by atoms with Crippen LogP contribution in [0.4, 0.5) is 5.69 Å². The third-order valence-electron chi connectivity index (χ3n) is 5.60. The number of sulfonamides is 1. The van der Waals surface area contributed by atoms with Crippen LogP contribution < -0.4 is 19.7 Å². The van der Waals surface area contributed by atoms with Crippen molar-refractivity contribution in [2.75, 3.05) is 59.5 Å². The highest BCUT2D eigenvalue weighted by atomic mass is 32.2. The second-order valence-electron chi connectivity index (χ2n) is 7.87. The van der Waals surface area contributed by atoms with Gasteiger partial charge in [0.25, 0.3) is 5.91 Å². The predicted molar refractivity (Wildman–Crippen MR) is 126 cm³/mol. The molecule has 0 bridgehead atoms. The lowest BCUT2D eigenvalue weighted by Gasteiger charge is -2.31. The summed E-state index contributed by atoms with van der Waals surface area (Å²) in [6.07, 6.45) is 0. The molecule has 1 N–H and O–H groups in total. The molecule has 0 saturated carbocycles. The first kappa shape index (κ1) is 24.8. The van der Waals surface area contributed by atoms with Crippen molar-refractivity contribution in [2.45, 2.75) is 17.9 Å². The highest BCUT2D eigenvalue weighted by Gasteiger charge is 2.25. The molecule has 2 aromatic carbocycles.